The SMILES string of the molecule is c1ccc(-c2ccccc2N(c2ccc(-c3ccc4sc5ccccc5c4c3)cc2)c2cc(-c3cccc4ccccc34)ccc2-c2ccccc2)cc1. The van der Waals surface area contributed by atoms with E-state index in [1.54, 1.807) is 0 Å². The van der Waals surface area contributed by atoms with Crippen molar-refractivity contribution in [3.05, 3.63) is 212 Å². The lowest BCUT2D eigenvalue weighted by atomic mass is 9.93. The van der Waals surface area contributed by atoms with E-state index in [-0.39, 0.29) is 0 Å². The molecule has 0 saturated carbocycles. The number of fused-ring (bicyclic) bond motifs is 4. The molecule has 0 atom stereocenters. The van der Waals surface area contributed by atoms with E-state index in [0.29, 0.717) is 0 Å². The minimum absolute atomic E-state index is 1.09. The van der Waals surface area contributed by atoms with Crippen LogP contribution in [-0.2, 0) is 0 Å². The van der Waals surface area contributed by atoms with Crippen molar-refractivity contribution in [2.24, 2.45) is 0 Å². The molecule has 0 fully saturated rings. The molecule has 0 unspecified atom stereocenters. The lowest BCUT2D eigenvalue weighted by Gasteiger charge is -2.30. The van der Waals surface area contributed by atoms with Gasteiger partial charge >= 0.3 is 0 Å². The van der Waals surface area contributed by atoms with Gasteiger partial charge < -0.3 is 4.90 Å². The number of hydrogen-bond donors (Lipinski definition) is 0. The highest BCUT2D eigenvalue weighted by Crippen LogP contribution is 2.47. The van der Waals surface area contributed by atoms with Crippen LogP contribution < -0.4 is 4.90 Å². The Morgan fingerprint density at radius 1 is 0.296 bits per heavy atom. The van der Waals surface area contributed by atoms with E-state index in [4.69, 9.17) is 0 Å². The van der Waals surface area contributed by atoms with Gasteiger partial charge in [-0.1, -0.05) is 170 Å². The minimum atomic E-state index is 1.09. The van der Waals surface area contributed by atoms with Crippen LogP contribution in [0, 0.1) is 0 Å². The monoisotopic (exact) mass is 705 g/mol. The number of anilines is 3. The molecule has 0 radical (unpaired) electrons. The van der Waals surface area contributed by atoms with Crippen molar-refractivity contribution >= 4 is 59.3 Å². The number of thiophene rings is 1. The maximum atomic E-state index is 2.46. The molecule has 0 spiro atoms. The average molecular weight is 706 g/mol. The number of benzene rings is 9. The van der Waals surface area contributed by atoms with E-state index in [0.717, 1.165) is 17.1 Å². The molecule has 0 saturated heterocycles. The summed E-state index contributed by atoms with van der Waals surface area (Å²) in [4.78, 5) is 2.46. The molecule has 10 rings (SSSR count). The van der Waals surface area contributed by atoms with Crippen LogP contribution in [0.5, 0.6) is 0 Å². The molecule has 0 amide bonds. The first-order chi connectivity index (χ1) is 26.8. The van der Waals surface area contributed by atoms with Gasteiger partial charge in [-0.2, -0.15) is 0 Å². The molecule has 10 aromatic rings. The van der Waals surface area contributed by atoms with Gasteiger partial charge in [-0.3, -0.25) is 0 Å². The van der Waals surface area contributed by atoms with Gasteiger partial charge in [0.15, 0.2) is 0 Å². The molecule has 254 valence electrons. The Hall–Kier alpha value is -6.74. The third-order valence-electron chi connectivity index (χ3n) is 10.5. The molecule has 9 aromatic carbocycles. The van der Waals surface area contributed by atoms with Crippen LogP contribution in [0.1, 0.15) is 0 Å². The fourth-order valence-electron chi connectivity index (χ4n) is 7.87. The molecule has 2 heteroatoms. The highest BCUT2D eigenvalue weighted by molar-refractivity contribution is 7.25. The Kier molecular flexibility index (Phi) is 8.09. The Morgan fingerprint density at radius 2 is 0.870 bits per heavy atom. The van der Waals surface area contributed by atoms with E-state index >= 15 is 0 Å². The topological polar surface area (TPSA) is 3.24 Å². The van der Waals surface area contributed by atoms with Gasteiger partial charge in [0.2, 0.25) is 0 Å². The first-order valence-corrected chi connectivity index (χ1v) is 19.2. The van der Waals surface area contributed by atoms with Crippen LogP contribution in [0.4, 0.5) is 17.1 Å². The van der Waals surface area contributed by atoms with Crippen molar-refractivity contribution in [1.82, 2.24) is 0 Å². The summed E-state index contributed by atoms with van der Waals surface area (Å²) in [6, 6.07) is 77.3. The summed E-state index contributed by atoms with van der Waals surface area (Å²) in [7, 11) is 0. The fourth-order valence-corrected chi connectivity index (χ4v) is 8.96. The smallest absolute Gasteiger partial charge is 0.0546 e. The zero-order valence-corrected chi connectivity index (χ0v) is 30.4. The highest BCUT2D eigenvalue weighted by atomic mass is 32.1. The number of hydrogen-bond acceptors (Lipinski definition) is 2. The molecule has 1 heterocycles. The lowest BCUT2D eigenvalue weighted by Crippen LogP contribution is -2.12. The summed E-state index contributed by atoms with van der Waals surface area (Å²) in [5.41, 5.74) is 12.8. The number of rotatable bonds is 7. The van der Waals surface area contributed by atoms with Crippen LogP contribution in [-0.4, -0.2) is 0 Å². The van der Waals surface area contributed by atoms with E-state index in [9.17, 15) is 0 Å². The third kappa shape index (κ3) is 5.74. The maximum Gasteiger partial charge on any atom is 0.0546 e. The van der Waals surface area contributed by atoms with Crippen LogP contribution in [0.25, 0.3) is 75.5 Å². The predicted molar refractivity (Wildman–Crippen MR) is 233 cm³/mol. The third-order valence-corrected chi connectivity index (χ3v) is 11.6. The molecule has 0 aliphatic heterocycles. The number of nitrogens with zero attached hydrogens (tertiary/aromatic N) is 1. The van der Waals surface area contributed by atoms with Crippen LogP contribution >= 0.6 is 11.3 Å². The van der Waals surface area contributed by atoms with Gasteiger partial charge in [0.1, 0.15) is 0 Å². The second kappa shape index (κ2) is 13.7. The van der Waals surface area contributed by atoms with Crippen LogP contribution in [0.2, 0.25) is 0 Å². The zero-order valence-electron chi connectivity index (χ0n) is 29.6. The Balaban J connectivity index is 1.19. The van der Waals surface area contributed by atoms with Crippen molar-refractivity contribution < 1.29 is 0 Å². The van der Waals surface area contributed by atoms with Crippen molar-refractivity contribution in [3.8, 4) is 44.5 Å². The van der Waals surface area contributed by atoms with E-state index in [1.165, 1.54) is 75.5 Å². The molecule has 1 nitrogen and oxygen atoms in total. The van der Waals surface area contributed by atoms with Crippen molar-refractivity contribution in [2.45, 2.75) is 0 Å². The molecular formula is C52H35NS. The van der Waals surface area contributed by atoms with Crippen molar-refractivity contribution in [1.29, 1.82) is 0 Å². The van der Waals surface area contributed by atoms with E-state index in [2.05, 4.69) is 217 Å². The fraction of sp³-hybridized carbons (Fsp3) is 0. The van der Waals surface area contributed by atoms with Gasteiger partial charge in [-0.15, -0.1) is 11.3 Å². The Labute approximate surface area is 319 Å². The Morgan fingerprint density at radius 3 is 1.67 bits per heavy atom. The van der Waals surface area contributed by atoms with Gasteiger partial charge in [-0.25, -0.2) is 0 Å². The van der Waals surface area contributed by atoms with Gasteiger partial charge in [0.05, 0.1) is 11.4 Å². The first kappa shape index (κ1) is 32.0. The highest BCUT2D eigenvalue weighted by Gasteiger charge is 2.22. The van der Waals surface area contributed by atoms with Crippen LogP contribution in [0.3, 0.4) is 0 Å². The summed E-state index contributed by atoms with van der Waals surface area (Å²) < 4.78 is 2.65. The van der Waals surface area contributed by atoms with Crippen LogP contribution in [0.15, 0.2) is 212 Å². The molecule has 0 bridgehead atoms. The summed E-state index contributed by atoms with van der Waals surface area (Å²) in [6.45, 7) is 0. The summed E-state index contributed by atoms with van der Waals surface area (Å²) in [5.74, 6) is 0. The molecule has 54 heavy (non-hydrogen) atoms. The van der Waals surface area contributed by atoms with Gasteiger partial charge in [0, 0.05) is 37.0 Å². The molecule has 0 aliphatic rings. The summed E-state index contributed by atoms with van der Waals surface area (Å²) in [5, 5.41) is 5.11. The quantitative estimate of drug-likeness (QED) is 0.160. The van der Waals surface area contributed by atoms with Crippen molar-refractivity contribution in [3.63, 3.8) is 0 Å². The normalized spacial score (nSPS) is 11.3. The molecule has 1 aromatic heterocycles. The molecule has 0 N–H and O–H groups in total. The minimum Gasteiger partial charge on any atom is -0.309 e. The maximum absolute atomic E-state index is 2.46. The van der Waals surface area contributed by atoms with Gasteiger partial charge in [-0.05, 0) is 86.6 Å². The first-order valence-electron chi connectivity index (χ1n) is 18.4. The van der Waals surface area contributed by atoms with E-state index < -0.39 is 0 Å². The van der Waals surface area contributed by atoms with Crippen molar-refractivity contribution in [2.75, 3.05) is 4.90 Å². The zero-order chi connectivity index (χ0) is 35.8. The standard InChI is InChI=1S/C52H35NS/c1-3-14-38(15-4-1)45-21-9-11-24-49(45)53(42-30-26-36(27-31-42)40-29-33-52-48(34-40)47-22-10-12-25-51(47)54-52)50-35-41(28-32-46(50)39-16-5-2-6-17-39)44-23-13-19-37-18-7-8-20-43(37)44/h1-35H. The second-order valence-corrected chi connectivity index (χ2v) is 14.8. The largest absolute Gasteiger partial charge is 0.309 e. The average Bonchev–Trinajstić information content (AvgIpc) is 3.63. The molecular weight excluding hydrogens is 671 g/mol. The van der Waals surface area contributed by atoms with Gasteiger partial charge in [0.25, 0.3) is 0 Å². The Bertz CT molecular complexity index is 2920. The second-order valence-electron chi connectivity index (χ2n) is 13.7. The summed E-state index contributed by atoms with van der Waals surface area (Å²) >= 11 is 1.86. The lowest BCUT2D eigenvalue weighted by molar-refractivity contribution is 1.28. The predicted octanol–water partition coefficient (Wildman–Crippen LogP) is 15.3. The molecule has 0 aliphatic carbocycles. The van der Waals surface area contributed by atoms with E-state index in [1.807, 2.05) is 11.3 Å². The number of para-hydroxylation sites is 1. The summed E-state index contributed by atoms with van der Waals surface area (Å²) in [6.07, 6.45) is 0.